The molecule has 2 rings (SSSR count). The number of ether oxygens (including phenoxy) is 3. The molecule has 1 heterocycles. The Morgan fingerprint density at radius 1 is 1.31 bits per heavy atom. The first-order valence-corrected chi connectivity index (χ1v) is 8.57. The third-order valence-corrected chi connectivity index (χ3v) is 4.57. The lowest BCUT2D eigenvalue weighted by Gasteiger charge is -2.10. The number of methoxy groups -OCH3 is 2. The number of carbonyl (C=O) groups excluding carboxylic acids is 2. The zero-order valence-corrected chi connectivity index (χ0v) is 15.5. The lowest BCUT2D eigenvalue weighted by molar-refractivity contribution is -0.147. The van der Waals surface area contributed by atoms with E-state index in [1.54, 1.807) is 30.5 Å². The number of nitriles is 1. The molecule has 8 heteroatoms. The van der Waals surface area contributed by atoms with E-state index in [2.05, 4.69) is 4.98 Å². The summed E-state index contributed by atoms with van der Waals surface area (Å²) in [5.41, 5.74) is 1.35. The molecule has 1 atom stereocenters. The van der Waals surface area contributed by atoms with E-state index in [0.717, 1.165) is 5.69 Å². The number of hydrogen-bond donors (Lipinski definition) is 0. The summed E-state index contributed by atoms with van der Waals surface area (Å²) in [7, 11) is 3.02. The van der Waals surface area contributed by atoms with Gasteiger partial charge in [-0.05, 0) is 13.0 Å². The van der Waals surface area contributed by atoms with Crippen molar-refractivity contribution in [1.29, 1.82) is 5.26 Å². The van der Waals surface area contributed by atoms with Gasteiger partial charge in [-0.15, -0.1) is 11.3 Å². The van der Waals surface area contributed by atoms with Gasteiger partial charge < -0.3 is 14.2 Å². The molecular weight excluding hydrogens is 356 g/mol. The largest absolute Gasteiger partial charge is 0.497 e. The van der Waals surface area contributed by atoms with Gasteiger partial charge in [-0.2, -0.15) is 5.26 Å². The minimum absolute atomic E-state index is 0.0615. The van der Waals surface area contributed by atoms with Crippen molar-refractivity contribution in [3.63, 3.8) is 0 Å². The zero-order chi connectivity index (χ0) is 19.1. The van der Waals surface area contributed by atoms with Crippen LogP contribution in [0.15, 0.2) is 23.6 Å². The summed E-state index contributed by atoms with van der Waals surface area (Å²) in [6.07, 6.45) is -0.0615. The number of nitrogens with zero attached hydrogens (tertiary/aromatic N) is 2. The Balaban J connectivity index is 1.96. The van der Waals surface area contributed by atoms with Crippen LogP contribution in [0.4, 0.5) is 0 Å². The highest BCUT2D eigenvalue weighted by atomic mass is 32.1. The van der Waals surface area contributed by atoms with Crippen LogP contribution >= 0.6 is 11.3 Å². The maximum absolute atomic E-state index is 12.2. The van der Waals surface area contributed by atoms with Crippen LogP contribution in [0.3, 0.4) is 0 Å². The number of aryl methyl sites for hydroxylation is 1. The van der Waals surface area contributed by atoms with Crippen LogP contribution in [-0.4, -0.2) is 37.6 Å². The molecule has 0 aliphatic rings. The van der Waals surface area contributed by atoms with Crippen LogP contribution in [0, 0.1) is 18.3 Å². The molecule has 0 radical (unpaired) electrons. The second-order valence-electron chi connectivity index (χ2n) is 5.37. The van der Waals surface area contributed by atoms with E-state index >= 15 is 0 Å². The van der Waals surface area contributed by atoms with E-state index in [-0.39, 0.29) is 6.42 Å². The van der Waals surface area contributed by atoms with Gasteiger partial charge in [-0.1, -0.05) is 6.07 Å². The van der Waals surface area contributed by atoms with Crippen LogP contribution in [-0.2, 0) is 20.7 Å². The summed E-state index contributed by atoms with van der Waals surface area (Å²) in [6, 6.07) is 6.96. The predicted octanol–water partition coefficient (Wildman–Crippen LogP) is 2.43. The van der Waals surface area contributed by atoms with Gasteiger partial charge in [0.05, 0.1) is 26.7 Å². The number of thiazole rings is 1. The molecule has 0 unspecified atom stereocenters. The molecule has 0 aliphatic carbocycles. The number of carbonyl (C=O) groups is 2. The molecule has 0 spiro atoms. The quantitative estimate of drug-likeness (QED) is 0.654. The highest BCUT2D eigenvalue weighted by Crippen LogP contribution is 2.25. The van der Waals surface area contributed by atoms with E-state index in [0.29, 0.717) is 22.1 Å². The maximum Gasteiger partial charge on any atom is 0.310 e. The van der Waals surface area contributed by atoms with E-state index in [9.17, 15) is 14.9 Å². The topological polar surface area (TPSA) is 98.5 Å². The fraction of sp³-hybridized carbons (Fsp3) is 0.333. The minimum Gasteiger partial charge on any atom is -0.497 e. The lowest BCUT2D eigenvalue weighted by Crippen LogP contribution is -2.20. The van der Waals surface area contributed by atoms with Crippen molar-refractivity contribution >= 4 is 23.1 Å². The molecule has 7 nitrogen and oxygen atoms in total. The van der Waals surface area contributed by atoms with Crippen LogP contribution in [0.2, 0.25) is 0 Å². The molecule has 0 aliphatic heterocycles. The minimum atomic E-state index is -1.03. The number of benzene rings is 1. The van der Waals surface area contributed by atoms with Gasteiger partial charge in [-0.25, -0.2) is 4.98 Å². The molecule has 0 saturated carbocycles. The molecule has 1 aromatic heterocycles. The fourth-order valence-electron chi connectivity index (χ4n) is 2.21. The first-order chi connectivity index (χ1) is 12.5. The average molecular weight is 374 g/mol. The molecule has 0 fully saturated rings. The van der Waals surface area contributed by atoms with Crippen molar-refractivity contribution in [2.45, 2.75) is 19.3 Å². The maximum atomic E-state index is 12.2. The van der Waals surface area contributed by atoms with Crippen LogP contribution < -0.4 is 9.47 Å². The van der Waals surface area contributed by atoms with E-state index in [1.807, 2.05) is 6.07 Å². The third kappa shape index (κ3) is 4.80. The van der Waals surface area contributed by atoms with E-state index in [4.69, 9.17) is 14.2 Å². The van der Waals surface area contributed by atoms with Crippen LogP contribution in [0.1, 0.15) is 22.2 Å². The van der Waals surface area contributed by atoms with E-state index in [1.165, 1.54) is 25.6 Å². The smallest absolute Gasteiger partial charge is 0.310 e. The molecule has 0 saturated heterocycles. The molecule has 0 amide bonds. The molecule has 2 aromatic rings. The fourth-order valence-corrected chi connectivity index (χ4v) is 3.07. The van der Waals surface area contributed by atoms with Crippen molar-refractivity contribution in [3.8, 4) is 17.6 Å². The highest BCUT2D eigenvalue weighted by Gasteiger charge is 2.24. The first kappa shape index (κ1) is 19.4. The SMILES string of the molecule is COc1ccc(CC(=O)OCC(=O)[C@@H](C#N)c2nc(C)cs2)c(OC)c1. The summed E-state index contributed by atoms with van der Waals surface area (Å²) < 4.78 is 15.4. The standard InChI is InChI=1S/C18H18N2O5S/c1-11-10-26-18(20-11)14(8-19)15(21)9-25-17(22)6-12-4-5-13(23-2)7-16(12)24-3/h4-5,7,10,14H,6,9H2,1-3H3/t14-/m1/s1. The summed E-state index contributed by atoms with van der Waals surface area (Å²) in [4.78, 5) is 28.4. The van der Waals surface area contributed by atoms with Crippen molar-refractivity contribution < 1.29 is 23.8 Å². The summed E-state index contributed by atoms with van der Waals surface area (Å²) >= 11 is 1.23. The number of esters is 1. The summed E-state index contributed by atoms with van der Waals surface area (Å²) in [5, 5.41) is 11.4. The molecule has 136 valence electrons. The number of Topliss-reactive ketones (excluding diaryl/α,β-unsaturated/α-hetero) is 1. The van der Waals surface area contributed by atoms with Crippen molar-refractivity contribution in [3.05, 3.63) is 39.8 Å². The third-order valence-electron chi connectivity index (χ3n) is 3.54. The Morgan fingerprint density at radius 3 is 2.65 bits per heavy atom. The second kappa shape index (κ2) is 8.97. The molecule has 0 bridgehead atoms. The highest BCUT2D eigenvalue weighted by molar-refractivity contribution is 7.09. The lowest BCUT2D eigenvalue weighted by atomic mass is 10.1. The average Bonchev–Trinajstić information content (AvgIpc) is 3.06. The molecular formula is C18H18N2O5S. The second-order valence-corrected chi connectivity index (χ2v) is 6.26. The Morgan fingerprint density at radius 2 is 2.08 bits per heavy atom. The molecule has 26 heavy (non-hydrogen) atoms. The number of rotatable bonds is 8. The van der Waals surface area contributed by atoms with E-state index < -0.39 is 24.3 Å². The molecule has 1 aromatic carbocycles. The Bertz CT molecular complexity index is 840. The van der Waals surface area contributed by atoms with Gasteiger partial charge in [0, 0.05) is 22.7 Å². The van der Waals surface area contributed by atoms with Gasteiger partial charge in [0.15, 0.2) is 18.3 Å². The first-order valence-electron chi connectivity index (χ1n) is 7.69. The normalized spacial score (nSPS) is 11.3. The van der Waals surface area contributed by atoms with Gasteiger partial charge >= 0.3 is 5.97 Å². The Labute approximate surface area is 155 Å². The molecule has 0 N–H and O–H groups in total. The predicted molar refractivity (Wildman–Crippen MR) is 94.4 cm³/mol. The number of hydrogen-bond acceptors (Lipinski definition) is 8. The van der Waals surface area contributed by atoms with Gasteiger partial charge in [0.1, 0.15) is 16.5 Å². The van der Waals surface area contributed by atoms with Crippen LogP contribution in [0.5, 0.6) is 11.5 Å². The summed E-state index contributed by atoms with van der Waals surface area (Å²) in [5.74, 6) is -1.03. The van der Waals surface area contributed by atoms with Gasteiger partial charge in [0.2, 0.25) is 0 Å². The van der Waals surface area contributed by atoms with Crippen molar-refractivity contribution in [2.75, 3.05) is 20.8 Å². The van der Waals surface area contributed by atoms with Crippen molar-refractivity contribution in [1.82, 2.24) is 4.98 Å². The monoisotopic (exact) mass is 374 g/mol. The van der Waals surface area contributed by atoms with Crippen molar-refractivity contribution in [2.24, 2.45) is 0 Å². The summed E-state index contributed by atoms with van der Waals surface area (Å²) in [6.45, 7) is 1.30. The zero-order valence-electron chi connectivity index (χ0n) is 14.6. The van der Waals surface area contributed by atoms with Gasteiger partial charge in [-0.3, -0.25) is 9.59 Å². The van der Waals surface area contributed by atoms with Crippen LogP contribution in [0.25, 0.3) is 0 Å². The number of ketones is 1. The van der Waals surface area contributed by atoms with Gasteiger partial charge in [0.25, 0.3) is 0 Å². The number of aromatic nitrogens is 1. The Kier molecular flexibility index (Phi) is 6.69. The Hall–Kier alpha value is -2.92.